The van der Waals surface area contributed by atoms with E-state index in [4.69, 9.17) is 4.74 Å². The molecule has 0 saturated carbocycles. The average Bonchev–Trinajstić information content (AvgIpc) is 2.50. The molecule has 0 spiro atoms. The van der Waals surface area contributed by atoms with Crippen LogP contribution in [0.25, 0.3) is 0 Å². The summed E-state index contributed by atoms with van der Waals surface area (Å²) >= 11 is 0. The summed E-state index contributed by atoms with van der Waals surface area (Å²) in [6.07, 6.45) is 4.70. The first-order chi connectivity index (χ1) is 10.2. The number of ether oxygens (including phenoxy) is 1. The Balaban J connectivity index is 2.15. The number of benzene rings is 1. The highest BCUT2D eigenvalue weighted by Crippen LogP contribution is 2.11. The Labute approximate surface area is 129 Å². The third-order valence-electron chi connectivity index (χ3n) is 3.95. The topological polar surface area (TPSA) is 46.1 Å². The predicted molar refractivity (Wildman–Crippen MR) is 87.6 cm³/mol. The number of aryl methyl sites for hydroxylation is 1. The molecule has 0 aliphatic heterocycles. The van der Waals surface area contributed by atoms with E-state index in [2.05, 4.69) is 26.1 Å². The molecule has 0 aromatic heterocycles. The summed E-state index contributed by atoms with van der Waals surface area (Å²) < 4.78 is 5.60. The van der Waals surface area contributed by atoms with Crippen molar-refractivity contribution in [2.24, 2.45) is 5.92 Å². The van der Waals surface area contributed by atoms with E-state index in [-0.39, 0.29) is 0 Å². The Morgan fingerprint density at radius 1 is 1.14 bits per heavy atom. The fourth-order valence-electron chi connectivity index (χ4n) is 2.40. The van der Waals surface area contributed by atoms with Gasteiger partial charge in [-0.15, -0.1) is 0 Å². The van der Waals surface area contributed by atoms with E-state index in [9.17, 15) is 5.11 Å². The Morgan fingerprint density at radius 3 is 2.48 bits per heavy atom. The van der Waals surface area contributed by atoms with Crippen molar-refractivity contribution in [2.45, 2.75) is 52.6 Å². The SMILES string of the molecule is CCCC[C@H](CC)C[NH2+]C[C@H](O)COc1ccc(C)cc1. The third-order valence-corrected chi connectivity index (χ3v) is 3.95. The van der Waals surface area contributed by atoms with Crippen LogP contribution in [0.3, 0.4) is 0 Å². The second-order valence-electron chi connectivity index (χ2n) is 5.95. The van der Waals surface area contributed by atoms with E-state index < -0.39 is 6.10 Å². The molecule has 0 aliphatic carbocycles. The number of quaternary nitrogens is 1. The van der Waals surface area contributed by atoms with Crippen LogP contribution in [0.4, 0.5) is 0 Å². The number of aliphatic hydroxyl groups is 1. The minimum Gasteiger partial charge on any atom is -0.491 e. The molecule has 0 radical (unpaired) electrons. The molecule has 0 heterocycles. The Bertz CT molecular complexity index is 364. The first-order valence-electron chi connectivity index (χ1n) is 8.34. The number of hydrogen-bond acceptors (Lipinski definition) is 2. The summed E-state index contributed by atoms with van der Waals surface area (Å²) in [5.74, 6) is 1.60. The molecule has 0 fully saturated rings. The van der Waals surface area contributed by atoms with E-state index in [0.29, 0.717) is 13.2 Å². The standard InChI is InChI=1S/C18H31NO2/c1-4-6-7-16(5-2)12-19-13-17(20)14-21-18-10-8-15(3)9-11-18/h8-11,16-17,19-20H,4-7,12-14H2,1-3H3/p+1/t16-,17-/m0/s1. The van der Waals surface area contributed by atoms with Crippen molar-refractivity contribution in [3.05, 3.63) is 29.8 Å². The van der Waals surface area contributed by atoms with E-state index in [1.54, 1.807) is 0 Å². The Kier molecular flexibility index (Phi) is 9.11. The fourth-order valence-corrected chi connectivity index (χ4v) is 2.40. The van der Waals surface area contributed by atoms with Crippen LogP contribution in [0, 0.1) is 12.8 Å². The molecule has 3 N–H and O–H groups in total. The van der Waals surface area contributed by atoms with Crippen LogP contribution in [0.5, 0.6) is 5.75 Å². The molecular formula is C18H32NO2+. The normalized spacial score (nSPS) is 13.9. The van der Waals surface area contributed by atoms with Gasteiger partial charge in [-0.2, -0.15) is 0 Å². The monoisotopic (exact) mass is 294 g/mol. The maximum absolute atomic E-state index is 9.97. The molecule has 3 nitrogen and oxygen atoms in total. The highest BCUT2D eigenvalue weighted by Gasteiger charge is 2.11. The van der Waals surface area contributed by atoms with Crippen molar-refractivity contribution in [3.63, 3.8) is 0 Å². The summed E-state index contributed by atoms with van der Waals surface area (Å²) in [5, 5.41) is 12.2. The van der Waals surface area contributed by atoms with Gasteiger partial charge in [0.2, 0.25) is 0 Å². The Hall–Kier alpha value is -1.06. The third kappa shape index (κ3) is 8.08. The first-order valence-corrected chi connectivity index (χ1v) is 8.34. The van der Waals surface area contributed by atoms with Gasteiger partial charge in [0.05, 0.1) is 6.54 Å². The van der Waals surface area contributed by atoms with Gasteiger partial charge in [-0.1, -0.05) is 44.4 Å². The van der Waals surface area contributed by atoms with Crippen molar-refractivity contribution < 1.29 is 15.2 Å². The maximum atomic E-state index is 9.97. The van der Waals surface area contributed by atoms with E-state index >= 15 is 0 Å². The average molecular weight is 294 g/mol. The van der Waals surface area contributed by atoms with Gasteiger partial charge >= 0.3 is 0 Å². The fraction of sp³-hybridized carbons (Fsp3) is 0.667. The summed E-state index contributed by atoms with van der Waals surface area (Å²) in [6.45, 7) is 8.74. The largest absolute Gasteiger partial charge is 0.491 e. The van der Waals surface area contributed by atoms with Crippen molar-refractivity contribution in [2.75, 3.05) is 19.7 Å². The number of aliphatic hydroxyl groups excluding tert-OH is 1. The molecule has 1 aromatic rings. The minimum atomic E-state index is -0.407. The molecule has 3 heteroatoms. The van der Waals surface area contributed by atoms with Crippen molar-refractivity contribution in [3.8, 4) is 5.75 Å². The zero-order valence-electron chi connectivity index (χ0n) is 13.8. The van der Waals surface area contributed by atoms with Crippen LogP contribution in [0.2, 0.25) is 0 Å². The second-order valence-corrected chi connectivity index (χ2v) is 5.95. The zero-order valence-corrected chi connectivity index (χ0v) is 13.8. The smallest absolute Gasteiger partial charge is 0.137 e. The van der Waals surface area contributed by atoms with Crippen LogP contribution in [-0.2, 0) is 0 Å². The molecule has 2 atom stereocenters. The van der Waals surface area contributed by atoms with Crippen LogP contribution >= 0.6 is 0 Å². The highest BCUT2D eigenvalue weighted by atomic mass is 16.5. The quantitative estimate of drug-likeness (QED) is 0.659. The van der Waals surface area contributed by atoms with Crippen LogP contribution in [0.1, 0.15) is 45.1 Å². The zero-order chi connectivity index (χ0) is 15.5. The van der Waals surface area contributed by atoms with Gasteiger partial charge in [0.25, 0.3) is 0 Å². The lowest BCUT2D eigenvalue weighted by molar-refractivity contribution is -0.666. The maximum Gasteiger partial charge on any atom is 0.137 e. The molecule has 21 heavy (non-hydrogen) atoms. The summed E-state index contributed by atoms with van der Waals surface area (Å²) in [5.41, 5.74) is 1.22. The molecule has 0 bridgehead atoms. The number of rotatable bonds is 11. The molecule has 0 unspecified atom stereocenters. The van der Waals surface area contributed by atoms with E-state index in [1.807, 2.05) is 24.3 Å². The molecular weight excluding hydrogens is 262 g/mol. The molecule has 1 rings (SSSR count). The number of nitrogens with two attached hydrogens (primary N) is 1. The van der Waals surface area contributed by atoms with Gasteiger partial charge in [-0.3, -0.25) is 0 Å². The summed E-state index contributed by atoms with van der Waals surface area (Å²) in [4.78, 5) is 0. The summed E-state index contributed by atoms with van der Waals surface area (Å²) in [7, 11) is 0. The van der Waals surface area contributed by atoms with Crippen LogP contribution in [0.15, 0.2) is 24.3 Å². The number of hydrogen-bond donors (Lipinski definition) is 2. The molecule has 120 valence electrons. The van der Waals surface area contributed by atoms with Gasteiger partial charge < -0.3 is 15.2 Å². The lowest BCUT2D eigenvalue weighted by atomic mass is 9.99. The van der Waals surface area contributed by atoms with Crippen molar-refractivity contribution >= 4 is 0 Å². The lowest BCUT2D eigenvalue weighted by Gasteiger charge is -2.15. The van der Waals surface area contributed by atoms with Gasteiger partial charge in [-0.05, 0) is 31.9 Å². The number of unbranched alkanes of at least 4 members (excludes halogenated alkanes) is 1. The van der Waals surface area contributed by atoms with E-state index in [0.717, 1.165) is 18.2 Å². The molecule has 0 saturated heterocycles. The Morgan fingerprint density at radius 2 is 1.86 bits per heavy atom. The first kappa shape index (κ1) is 18.0. The highest BCUT2D eigenvalue weighted by molar-refractivity contribution is 5.26. The van der Waals surface area contributed by atoms with Crippen molar-refractivity contribution in [1.29, 1.82) is 0 Å². The van der Waals surface area contributed by atoms with Gasteiger partial charge in [0.1, 0.15) is 25.0 Å². The molecule has 0 aliphatic rings. The van der Waals surface area contributed by atoms with Gasteiger partial charge in [0, 0.05) is 5.92 Å². The van der Waals surface area contributed by atoms with Crippen molar-refractivity contribution in [1.82, 2.24) is 0 Å². The molecule has 0 amide bonds. The second kappa shape index (κ2) is 10.6. The van der Waals surface area contributed by atoms with Crippen LogP contribution < -0.4 is 10.1 Å². The van der Waals surface area contributed by atoms with E-state index in [1.165, 1.54) is 31.2 Å². The van der Waals surface area contributed by atoms with Gasteiger partial charge in [0.15, 0.2) is 0 Å². The van der Waals surface area contributed by atoms with Gasteiger partial charge in [-0.25, -0.2) is 0 Å². The summed E-state index contributed by atoms with van der Waals surface area (Å²) in [6, 6.07) is 7.94. The predicted octanol–water partition coefficient (Wildman–Crippen LogP) is 2.51. The minimum absolute atomic E-state index is 0.366. The van der Waals surface area contributed by atoms with Crippen LogP contribution in [-0.4, -0.2) is 30.9 Å². The molecule has 1 aromatic carbocycles. The lowest BCUT2D eigenvalue weighted by Crippen LogP contribution is -2.87.